The first kappa shape index (κ1) is 21.5. The summed E-state index contributed by atoms with van der Waals surface area (Å²) in [4.78, 5) is 49.0. The van der Waals surface area contributed by atoms with Crippen molar-refractivity contribution >= 4 is 29.2 Å². The van der Waals surface area contributed by atoms with Gasteiger partial charge >= 0.3 is 0 Å². The summed E-state index contributed by atoms with van der Waals surface area (Å²) in [6, 6.07) is 22.0. The lowest BCUT2D eigenvalue weighted by atomic mass is 9.63. The van der Waals surface area contributed by atoms with Crippen molar-refractivity contribution in [1.29, 1.82) is 0 Å². The molecule has 0 saturated carbocycles. The Hall–Kier alpha value is -4.78. The molecule has 0 bridgehead atoms. The number of anilines is 1. The third-order valence-electron chi connectivity index (χ3n) is 7.80. The molecule has 3 aliphatic rings. The summed E-state index contributed by atoms with van der Waals surface area (Å²) in [6.45, 7) is 0. The van der Waals surface area contributed by atoms with Gasteiger partial charge in [-0.15, -0.1) is 0 Å². The maximum Gasteiger partial charge on any atom is 0.238 e. The number of nitrogens with zero attached hydrogens (tertiary/aromatic N) is 2. The summed E-state index contributed by atoms with van der Waals surface area (Å²) >= 11 is 0. The first-order chi connectivity index (χ1) is 18.1. The number of pyridine rings is 1. The summed E-state index contributed by atoms with van der Waals surface area (Å²) in [5.41, 5.74) is 2.01. The summed E-state index contributed by atoms with van der Waals surface area (Å²) in [6.07, 6.45) is 6.74. The van der Waals surface area contributed by atoms with E-state index >= 15 is 0 Å². The number of para-hydroxylation sites is 1. The Morgan fingerprint density at radius 2 is 1.73 bits per heavy atom. The number of Topliss-reactive ketones (excluding diaryl/α,β-unsaturated/α-hetero) is 2. The molecule has 3 aliphatic heterocycles. The zero-order valence-corrected chi connectivity index (χ0v) is 19.6. The fourth-order valence-corrected chi connectivity index (χ4v) is 6.40. The van der Waals surface area contributed by atoms with Gasteiger partial charge in [0.05, 0.1) is 18.2 Å². The number of carbonyl (C=O) groups is 3. The number of ketones is 2. The van der Waals surface area contributed by atoms with Gasteiger partial charge in [0.25, 0.3) is 0 Å². The third kappa shape index (κ3) is 2.82. The van der Waals surface area contributed by atoms with Gasteiger partial charge in [0.1, 0.15) is 17.2 Å². The molecular formula is C30H21N3O4. The number of nitrogens with one attached hydrogen (secondary N) is 1. The molecule has 1 N–H and O–H groups in total. The Kier molecular flexibility index (Phi) is 4.57. The highest BCUT2D eigenvalue weighted by molar-refractivity contribution is 6.16. The van der Waals surface area contributed by atoms with Gasteiger partial charge in [-0.3, -0.25) is 19.4 Å². The van der Waals surface area contributed by atoms with Crippen molar-refractivity contribution in [2.75, 3.05) is 5.32 Å². The van der Waals surface area contributed by atoms with Gasteiger partial charge in [-0.1, -0.05) is 48.5 Å². The topological polar surface area (TPSA) is 92.5 Å². The zero-order valence-electron chi connectivity index (χ0n) is 19.6. The lowest BCUT2D eigenvalue weighted by Crippen LogP contribution is -2.49. The van der Waals surface area contributed by atoms with Crippen LogP contribution in [0.5, 0.6) is 0 Å². The predicted molar refractivity (Wildman–Crippen MR) is 136 cm³/mol. The molecule has 7 nitrogen and oxygen atoms in total. The number of hydrogen-bond donors (Lipinski definition) is 1. The van der Waals surface area contributed by atoms with E-state index in [1.54, 1.807) is 36.5 Å². The minimum Gasteiger partial charge on any atom is -0.461 e. The minimum absolute atomic E-state index is 0.109. The normalized spacial score (nSPS) is 24.9. The molecule has 0 radical (unpaired) electrons. The molecule has 0 unspecified atom stereocenters. The van der Waals surface area contributed by atoms with Crippen LogP contribution < -0.4 is 5.32 Å². The fraction of sp³-hybridized carbons (Fsp3) is 0.133. The van der Waals surface area contributed by atoms with Crippen LogP contribution in [0.25, 0.3) is 6.08 Å². The van der Waals surface area contributed by atoms with Crippen molar-refractivity contribution < 1.29 is 18.8 Å². The third-order valence-corrected chi connectivity index (χ3v) is 7.80. The number of hydrogen-bond acceptors (Lipinski definition) is 6. The first-order valence-corrected chi connectivity index (χ1v) is 12.1. The molecule has 37 heavy (non-hydrogen) atoms. The molecular weight excluding hydrogens is 466 g/mol. The lowest BCUT2D eigenvalue weighted by molar-refractivity contribution is -0.122. The largest absolute Gasteiger partial charge is 0.461 e. The van der Waals surface area contributed by atoms with E-state index in [1.165, 1.54) is 6.26 Å². The van der Waals surface area contributed by atoms with Crippen LogP contribution in [-0.4, -0.2) is 33.4 Å². The summed E-state index contributed by atoms with van der Waals surface area (Å²) in [7, 11) is 0. The SMILES string of the molecule is O=C(c1ccccn1)[C@@H]1[C@H](C(=O)c2ccco2)[C@]2(C(=O)Nc3ccccc32)[C@@H]2c3ccccc3C=CN12. The highest BCUT2D eigenvalue weighted by Crippen LogP contribution is 2.62. The maximum atomic E-state index is 14.3. The molecule has 0 aliphatic carbocycles. The fourth-order valence-electron chi connectivity index (χ4n) is 6.40. The molecule has 7 rings (SSSR count). The molecule has 4 atom stereocenters. The van der Waals surface area contributed by atoms with E-state index < -0.39 is 29.2 Å². The van der Waals surface area contributed by atoms with Crippen LogP contribution in [0, 0.1) is 5.92 Å². The van der Waals surface area contributed by atoms with Crippen LogP contribution in [-0.2, 0) is 10.2 Å². The van der Waals surface area contributed by atoms with Crippen molar-refractivity contribution in [2.45, 2.75) is 17.5 Å². The Balaban J connectivity index is 1.55. The first-order valence-electron chi connectivity index (χ1n) is 12.1. The van der Waals surface area contributed by atoms with E-state index in [2.05, 4.69) is 10.3 Å². The smallest absolute Gasteiger partial charge is 0.238 e. The molecule has 4 aromatic rings. The molecule has 5 heterocycles. The van der Waals surface area contributed by atoms with Crippen molar-refractivity contribution in [3.63, 3.8) is 0 Å². The quantitative estimate of drug-likeness (QED) is 0.421. The predicted octanol–water partition coefficient (Wildman–Crippen LogP) is 4.66. The number of rotatable bonds is 4. The Morgan fingerprint density at radius 3 is 2.54 bits per heavy atom. The van der Waals surface area contributed by atoms with Gasteiger partial charge in [-0.25, -0.2) is 0 Å². The molecule has 1 fully saturated rings. The van der Waals surface area contributed by atoms with Crippen LogP contribution in [0.2, 0.25) is 0 Å². The number of benzene rings is 2. The molecule has 180 valence electrons. The zero-order chi connectivity index (χ0) is 25.1. The minimum atomic E-state index is -1.38. The van der Waals surface area contributed by atoms with Crippen LogP contribution in [0.15, 0.2) is 102 Å². The van der Waals surface area contributed by atoms with E-state index in [1.807, 2.05) is 65.7 Å². The summed E-state index contributed by atoms with van der Waals surface area (Å²) in [5.74, 6) is -2.00. The number of fused-ring (bicyclic) bond motifs is 6. The average Bonchev–Trinajstić information content (AvgIpc) is 3.65. The Bertz CT molecular complexity index is 1590. The number of amides is 1. The number of aromatic nitrogens is 1. The van der Waals surface area contributed by atoms with Crippen molar-refractivity contribution in [1.82, 2.24) is 9.88 Å². The van der Waals surface area contributed by atoms with Gasteiger partial charge < -0.3 is 14.6 Å². The van der Waals surface area contributed by atoms with E-state index in [-0.39, 0.29) is 23.1 Å². The molecule has 1 spiro atoms. The lowest BCUT2D eigenvalue weighted by Gasteiger charge is -2.38. The number of carbonyl (C=O) groups excluding carboxylic acids is 3. The maximum absolute atomic E-state index is 14.3. The van der Waals surface area contributed by atoms with Crippen molar-refractivity contribution in [2.24, 2.45) is 5.92 Å². The molecule has 2 aromatic heterocycles. The molecule has 7 heteroatoms. The van der Waals surface area contributed by atoms with Crippen LogP contribution in [0.1, 0.15) is 43.8 Å². The van der Waals surface area contributed by atoms with Crippen LogP contribution in [0.4, 0.5) is 5.69 Å². The van der Waals surface area contributed by atoms with Gasteiger partial charge in [-0.05, 0) is 53.1 Å². The van der Waals surface area contributed by atoms with Gasteiger partial charge in [0.2, 0.25) is 17.5 Å². The highest BCUT2D eigenvalue weighted by atomic mass is 16.3. The van der Waals surface area contributed by atoms with Crippen LogP contribution in [0.3, 0.4) is 0 Å². The Morgan fingerprint density at radius 1 is 0.919 bits per heavy atom. The van der Waals surface area contributed by atoms with E-state index in [0.29, 0.717) is 11.3 Å². The second kappa shape index (κ2) is 7.86. The standard InChI is InChI=1S/C30H21N3O4/c34-26(22-12-5-6-15-31-22)25-24(27(35)23-13-7-17-37-23)30(20-10-3-4-11-21(20)32-29(30)36)28-19-9-2-1-8-18(19)14-16-33(25)28/h1-17,24-25,28H,(H,32,36)/t24-,25+,28+,30+/m1/s1. The van der Waals surface area contributed by atoms with Crippen molar-refractivity contribution in [3.8, 4) is 0 Å². The second-order valence-corrected chi connectivity index (χ2v) is 9.51. The highest BCUT2D eigenvalue weighted by Gasteiger charge is 2.71. The second-order valence-electron chi connectivity index (χ2n) is 9.51. The van der Waals surface area contributed by atoms with E-state index in [9.17, 15) is 14.4 Å². The van der Waals surface area contributed by atoms with E-state index in [4.69, 9.17) is 4.42 Å². The van der Waals surface area contributed by atoms with E-state index in [0.717, 1.165) is 11.1 Å². The van der Waals surface area contributed by atoms with Crippen LogP contribution >= 0.6 is 0 Å². The van der Waals surface area contributed by atoms with Gasteiger partial charge in [0.15, 0.2) is 5.76 Å². The van der Waals surface area contributed by atoms with Crippen molar-refractivity contribution in [3.05, 3.63) is 126 Å². The number of furan rings is 1. The molecule has 2 aromatic carbocycles. The van der Waals surface area contributed by atoms with Gasteiger partial charge in [-0.2, -0.15) is 0 Å². The summed E-state index contributed by atoms with van der Waals surface area (Å²) in [5, 5.41) is 3.02. The molecule has 1 amide bonds. The van der Waals surface area contributed by atoms with Gasteiger partial charge in [0, 0.05) is 18.1 Å². The monoisotopic (exact) mass is 487 g/mol. The Labute approximate surface area is 212 Å². The molecule has 1 saturated heterocycles. The summed E-state index contributed by atoms with van der Waals surface area (Å²) < 4.78 is 5.55. The average molecular weight is 488 g/mol.